The van der Waals surface area contributed by atoms with Crippen molar-refractivity contribution < 1.29 is 9.53 Å². The molecule has 0 radical (unpaired) electrons. The Balaban J connectivity index is 2.48. The van der Waals surface area contributed by atoms with Crippen LogP contribution in [0.3, 0.4) is 0 Å². The highest BCUT2D eigenvalue weighted by atomic mass is 32.1. The standard InChI is InChI=1S/C16H18O2S/c1-3-16(19,15(17)18-4-2)14-10-9-12-7-5-6-8-13(12)11-14/h5-11,19H,3-4H2,1-2H3. The van der Waals surface area contributed by atoms with E-state index in [1.54, 1.807) is 0 Å². The lowest BCUT2D eigenvalue weighted by Gasteiger charge is -2.25. The van der Waals surface area contributed by atoms with E-state index in [-0.39, 0.29) is 5.97 Å². The van der Waals surface area contributed by atoms with E-state index in [1.807, 2.05) is 50.2 Å². The number of carbonyl (C=O) groups excluding carboxylic acids is 1. The Morgan fingerprint density at radius 2 is 1.84 bits per heavy atom. The summed E-state index contributed by atoms with van der Waals surface area (Å²) in [5.74, 6) is -0.281. The number of fused-ring (bicyclic) bond motifs is 1. The molecule has 2 rings (SSSR count). The van der Waals surface area contributed by atoms with Crippen LogP contribution in [0.2, 0.25) is 0 Å². The number of carbonyl (C=O) groups is 1. The maximum Gasteiger partial charge on any atom is 0.326 e. The molecule has 0 fully saturated rings. The molecule has 0 aliphatic heterocycles. The van der Waals surface area contributed by atoms with Gasteiger partial charge in [-0.3, -0.25) is 4.79 Å². The lowest BCUT2D eigenvalue weighted by Crippen LogP contribution is -2.31. The van der Waals surface area contributed by atoms with Crippen LogP contribution in [-0.4, -0.2) is 12.6 Å². The summed E-state index contributed by atoms with van der Waals surface area (Å²) in [6.07, 6.45) is 0.591. The molecule has 0 spiro atoms. The van der Waals surface area contributed by atoms with Crippen molar-refractivity contribution in [3.05, 3.63) is 48.0 Å². The maximum atomic E-state index is 12.1. The van der Waals surface area contributed by atoms with Crippen LogP contribution in [0, 0.1) is 0 Å². The zero-order chi connectivity index (χ0) is 13.9. The number of hydrogen-bond donors (Lipinski definition) is 1. The van der Waals surface area contributed by atoms with Crippen molar-refractivity contribution >= 4 is 29.4 Å². The molecule has 3 heteroatoms. The molecule has 2 aromatic carbocycles. The van der Waals surface area contributed by atoms with Crippen molar-refractivity contribution in [3.63, 3.8) is 0 Å². The topological polar surface area (TPSA) is 26.3 Å². The first-order chi connectivity index (χ1) is 9.11. The number of ether oxygens (including phenoxy) is 1. The Morgan fingerprint density at radius 1 is 1.16 bits per heavy atom. The van der Waals surface area contributed by atoms with Crippen molar-refractivity contribution in [2.75, 3.05) is 6.61 Å². The second kappa shape index (κ2) is 5.66. The fourth-order valence-corrected chi connectivity index (χ4v) is 2.37. The van der Waals surface area contributed by atoms with Gasteiger partial charge in [0.2, 0.25) is 0 Å². The molecule has 0 saturated carbocycles. The molecule has 2 aromatic rings. The molecule has 0 saturated heterocycles. The lowest BCUT2D eigenvalue weighted by molar-refractivity contribution is -0.146. The van der Waals surface area contributed by atoms with Gasteiger partial charge in [-0.25, -0.2) is 0 Å². The quantitative estimate of drug-likeness (QED) is 0.675. The van der Waals surface area contributed by atoms with Gasteiger partial charge in [0.25, 0.3) is 0 Å². The van der Waals surface area contributed by atoms with E-state index in [9.17, 15) is 4.79 Å². The average Bonchev–Trinajstić information content (AvgIpc) is 2.46. The van der Waals surface area contributed by atoms with Gasteiger partial charge in [0.15, 0.2) is 0 Å². The van der Waals surface area contributed by atoms with Gasteiger partial charge in [0.05, 0.1) is 6.61 Å². The molecule has 0 aromatic heterocycles. The zero-order valence-corrected chi connectivity index (χ0v) is 12.1. The highest BCUT2D eigenvalue weighted by Crippen LogP contribution is 2.35. The Morgan fingerprint density at radius 3 is 2.47 bits per heavy atom. The van der Waals surface area contributed by atoms with Crippen LogP contribution in [0.25, 0.3) is 10.8 Å². The molecule has 0 bridgehead atoms. The number of benzene rings is 2. The van der Waals surface area contributed by atoms with Crippen molar-refractivity contribution in [2.45, 2.75) is 25.0 Å². The van der Waals surface area contributed by atoms with E-state index in [4.69, 9.17) is 4.74 Å². The summed E-state index contributed by atoms with van der Waals surface area (Å²) in [7, 11) is 0. The third kappa shape index (κ3) is 2.61. The first-order valence-electron chi connectivity index (χ1n) is 6.50. The number of esters is 1. The molecular formula is C16H18O2S. The van der Waals surface area contributed by atoms with Crippen LogP contribution in [0.15, 0.2) is 42.5 Å². The summed E-state index contributed by atoms with van der Waals surface area (Å²) in [5, 5.41) is 2.26. The number of thiol groups is 1. The predicted molar refractivity (Wildman–Crippen MR) is 81.5 cm³/mol. The molecule has 1 unspecified atom stereocenters. The SMILES string of the molecule is CCOC(=O)C(S)(CC)c1ccc2ccccc2c1. The maximum absolute atomic E-state index is 12.1. The Labute approximate surface area is 119 Å². The monoisotopic (exact) mass is 274 g/mol. The van der Waals surface area contributed by atoms with E-state index >= 15 is 0 Å². The van der Waals surface area contributed by atoms with Crippen LogP contribution < -0.4 is 0 Å². The molecule has 0 aliphatic carbocycles. The van der Waals surface area contributed by atoms with Gasteiger partial charge in [0.1, 0.15) is 4.75 Å². The van der Waals surface area contributed by atoms with E-state index in [2.05, 4.69) is 18.7 Å². The Hall–Kier alpha value is -1.48. The Bertz CT molecular complexity index is 594. The van der Waals surface area contributed by atoms with Crippen LogP contribution in [0.5, 0.6) is 0 Å². The van der Waals surface area contributed by atoms with Crippen LogP contribution >= 0.6 is 12.6 Å². The summed E-state index contributed by atoms with van der Waals surface area (Å²) in [4.78, 5) is 12.1. The highest BCUT2D eigenvalue weighted by molar-refractivity contribution is 7.82. The van der Waals surface area contributed by atoms with Gasteiger partial charge in [-0.05, 0) is 35.7 Å². The summed E-state index contributed by atoms with van der Waals surface area (Å²) < 4.78 is 4.27. The fraction of sp³-hybridized carbons (Fsp3) is 0.312. The van der Waals surface area contributed by atoms with Crippen molar-refractivity contribution in [3.8, 4) is 0 Å². The van der Waals surface area contributed by atoms with E-state index in [0.29, 0.717) is 13.0 Å². The van der Waals surface area contributed by atoms with Crippen molar-refractivity contribution in [1.29, 1.82) is 0 Å². The molecular weight excluding hydrogens is 256 g/mol. The third-order valence-corrected chi connectivity index (χ3v) is 4.11. The second-order valence-electron chi connectivity index (χ2n) is 4.50. The largest absolute Gasteiger partial charge is 0.465 e. The van der Waals surface area contributed by atoms with Crippen LogP contribution in [0.4, 0.5) is 0 Å². The third-order valence-electron chi connectivity index (χ3n) is 3.35. The molecule has 1 atom stereocenters. The lowest BCUT2D eigenvalue weighted by atomic mass is 9.93. The summed E-state index contributed by atoms with van der Waals surface area (Å²) in [6, 6.07) is 14.1. The molecule has 0 heterocycles. The van der Waals surface area contributed by atoms with Gasteiger partial charge in [-0.1, -0.05) is 43.3 Å². The molecule has 0 amide bonds. The number of rotatable bonds is 4. The van der Waals surface area contributed by atoms with Gasteiger partial charge in [-0.2, -0.15) is 12.6 Å². The predicted octanol–water partition coefficient (Wildman–Crippen LogP) is 3.94. The van der Waals surface area contributed by atoms with Crippen LogP contribution in [0.1, 0.15) is 25.8 Å². The molecule has 0 aliphatic rings. The van der Waals surface area contributed by atoms with Gasteiger partial charge in [-0.15, -0.1) is 0 Å². The summed E-state index contributed by atoms with van der Waals surface area (Å²) >= 11 is 4.59. The van der Waals surface area contributed by atoms with Crippen molar-refractivity contribution in [1.82, 2.24) is 0 Å². The smallest absolute Gasteiger partial charge is 0.326 e. The second-order valence-corrected chi connectivity index (χ2v) is 5.26. The summed E-state index contributed by atoms with van der Waals surface area (Å²) in [6.45, 7) is 4.12. The van der Waals surface area contributed by atoms with Gasteiger partial charge in [0, 0.05) is 0 Å². The zero-order valence-electron chi connectivity index (χ0n) is 11.2. The van der Waals surface area contributed by atoms with E-state index in [1.165, 1.54) is 0 Å². The van der Waals surface area contributed by atoms with E-state index in [0.717, 1.165) is 16.3 Å². The molecule has 19 heavy (non-hydrogen) atoms. The normalized spacial score (nSPS) is 14.1. The van der Waals surface area contributed by atoms with Crippen LogP contribution in [-0.2, 0) is 14.3 Å². The minimum Gasteiger partial charge on any atom is -0.465 e. The summed E-state index contributed by atoms with van der Waals surface area (Å²) in [5.41, 5.74) is 0.885. The molecule has 100 valence electrons. The van der Waals surface area contributed by atoms with Gasteiger partial charge < -0.3 is 4.74 Å². The first kappa shape index (κ1) is 13.9. The first-order valence-corrected chi connectivity index (χ1v) is 6.95. The highest BCUT2D eigenvalue weighted by Gasteiger charge is 2.36. The molecule has 0 N–H and O–H groups in total. The minimum atomic E-state index is -0.875. The van der Waals surface area contributed by atoms with Crippen molar-refractivity contribution in [2.24, 2.45) is 0 Å². The number of hydrogen-bond acceptors (Lipinski definition) is 3. The Kier molecular flexibility index (Phi) is 4.15. The van der Waals surface area contributed by atoms with Gasteiger partial charge >= 0.3 is 5.97 Å². The van der Waals surface area contributed by atoms with E-state index < -0.39 is 4.75 Å². The molecule has 2 nitrogen and oxygen atoms in total. The fourth-order valence-electron chi connectivity index (χ4n) is 2.16. The minimum absolute atomic E-state index is 0.281. The average molecular weight is 274 g/mol.